The molecule has 1 saturated heterocycles. The number of halogens is 1. The van der Waals surface area contributed by atoms with Crippen molar-refractivity contribution in [3.63, 3.8) is 0 Å². The van der Waals surface area contributed by atoms with Crippen molar-refractivity contribution in [1.29, 1.82) is 5.26 Å². The second-order valence-electron chi connectivity index (χ2n) is 10.9. The smallest absolute Gasteiger partial charge is 0.224 e. The van der Waals surface area contributed by atoms with E-state index in [1.165, 1.54) is 18.6 Å². The van der Waals surface area contributed by atoms with Crippen molar-refractivity contribution in [2.45, 2.75) is 50.5 Å². The largest absolute Gasteiger partial charge is 0.369 e. The number of sulfone groups is 1. The lowest BCUT2D eigenvalue weighted by Crippen LogP contribution is -2.40. The first-order valence-electron chi connectivity index (χ1n) is 13.9. The third-order valence-corrected chi connectivity index (χ3v) is 9.48. The summed E-state index contributed by atoms with van der Waals surface area (Å²) < 4.78 is 38.1. The van der Waals surface area contributed by atoms with Crippen LogP contribution in [0.4, 0.5) is 10.1 Å². The quantitative estimate of drug-likeness (QED) is 0.472. The third kappa shape index (κ3) is 6.89. The third-order valence-electron chi connectivity index (χ3n) is 7.87. The Morgan fingerprint density at radius 2 is 1.73 bits per heavy atom. The van der Waals surface area contributed by atoms with Crippen LogP contribution in [-0.4, -0.2) is 54.2 Å². The maximum atomic E-state index is 13.4. The molecule has 1 N–H and O–H groups in total. The molecule has 3 fully saturated rings. The van der Waals surface area contributed by atoms with E-state index in [4.69, 9.17) is 5.26 Å². The number of carbonyl (C=O) groups is 1. The highest BCUT2D eigenvalue weighted by molar-refractivity contribution is 7.91. The molecular formula is C30H36FN5O3S. The van der Waals surface area contributed by atoms with Crippen molar-refractivity contribution < 1.29 is 19.0 Å². The van der Waals surface area contributed by atoms with Gasteiger partial charge in [0.25, 0.3) is 0 Å². The van der Waals surface area contributed by atoms with E-state index >= 15 is 0 Å². The number of hydrogen-bond donors (Lipinski definition) is 1. The van der Waals surface area contributed by atoms with Crippen LogP contribution in [0.1, 0.15) is 46.4 Å². The number of amides is 1. The molecule has 2 aliphatic carbocycles. The molecule has 212 valence electrons. The fourth-order valence-corrected chi connectivity index (χ4v) is 6.36. The minimum absolute atomic E-state index is 0. The van der Waals surface area contributed by atoms with Gasteiger partial charge < -0.3 is 10.2 Å². The number of anilines is 1. The van der Waals surface area contributed by atoms with Gasteiger partial charge in [0.15, 0.2) is 9.84 Å². The van der Waals surface area contributed by atoms with Gasteiger partial charge in [-0.15, -0.1) is 0 Å². The normalized spacial score (nSPS) is 19.6. The molecule has 0 atom stereocenters. The second-order valence-corrected chi connectivity index (χ2v) is 13.2. The molecule has 2 aromatic carbocycles. The molecule has 1 amide bonds. The van der Waals surface area contributed by atoms with Crippen molar-refractivity contribution in [1.82, 2.24) is 15.1 Å². The summed E-state index contributed by atoms with van der Waals surface area (Å²) >= 11 is 0. The highest BCUT2D eigenvalue weighted by atomic mass is 32.2. The number of carbonyl (C=O) groups excluding carboxylic acids is 1. The Balaban J connectivity index is 0.000000219. The fraction of sp³-hybridized carbons (Fsp3) is 0.433. The summed E-state index contributed by atoms with van der Waals surface area (Å²) in [5, 5.41) is 16.0. The van der Waals surface area contributed by atoms with Crippen molar-refractivity contribution in [3.8, 4) is 22.9 Å². The molecule has 6 rings (SSSR count). The topological polar surface area (TPSA) is 108 Å². The summed E-state index contributed by atoms with van der Waals surface area (Å²) in [4.78, 5) is 13.8. The molecule has 8 nitrogen and oxygen atoms in total. The molecule has 10 heteroatoms. The summed E-state index contributed by atoms with van der Waals surface area (Å²) in [5.41, 5.74) is 3.14. The lowest BCUT2D eigenvalue weighted by Gasteiger charge is -2.28. The van der Waals surface area contributed by atoms with Gasteiger partial charge in [-0.2, -0.15) is 10.4 Å². The zero-order valence-electron chi connectivity index (χ0n) is 22.4. The lowest BCUT2D eigenvalue weighted by molar-refractivity contribution is -0.126. The molecule has 40 heavy (non-hydrogen) atoms. The summed E-state index contributed by atoms with van der Waals surface area (Å²) in [5.74, 6) is 0.399. The summed E-state index contributed by atoms with van der Waals surface area (Å²) in [7, 11) is -2.88. The van der Waals surface area contributed by atoms with Gasteiger partial charge in [-0.3, -0.25) is 4.79 Å². The molecule has 0 bridgehead atoms. The molecule has 3 aromatic rings. The van der Waals surface area contributed by atoms with Crippen LogP contribution in [0.3, 0.4) is 0 Å². The first kappa shape index (κ1) is 27.8. The molecule has 0 spiro atoms. The Bertz CT molecular complexity index is 1480. The molecule has 2 heterocycles. The minimum Gasteiger partial charge on any atom is -0.369 e. The zero-order valence-corrected chi connectivity index (χ0v) is 23.2. The summed E-state index contributed by atoms with van der Waals surface area (Å²) in [6.45, 7) is 1.05. The summed E-state index contributed by atoms with van der Waals surface area (Å²) in [6, 6.07) is 16.4. The van der Waals surface area contributed by atoms with Crippen molar-refractivity contribution >= 4 is 21.4 Å². The highest BCUT2D eigenvalue weighted by Gasteiger charge is 2.45. The van der Waals surface area contributed by atoms with Crippen molar-refractivity contribution in [2.24, 2.45) is 5.92 Å². The number of rotatable bonds is 5. The molecular weight excluding hydrogens is 529 g/mol. The van der Waals surface area contributed by atoms with Crippen LogP contribution in [0.25, 0.3) is 16.8 Å². The molecule has 0 radical (unpaired) electrons. The van der Waals surface area contributed by atoms with E-state index in [-0.39, 0.29) is 30.6 Å². The van der Waals surface area contributed by atoms with Crippen LogP contribution in [0, 0.1) is 23.1 Å². The Hall–Kier alpha value is -3.71. The SMILES string of the molecule is N#CC1(NC(=O)C2CCCCC2)CC1.O=S1(=O)CCN(c2ccc(-c3cnn(-c4cccc(F)c4)c3)cc2)CC1.[HH]. The monoisotopic (exact) mass is 565 g/mol. The second kappa shape index (κ2) is 11.8. The van der Waals surface area contributed by atoms with E-state index in [2.05, 4.69) is 21.4 Å². The highest BCUT2D eigenvalue weighted by Crippen LogP contribution is 2.35. The molecule has 0 unspecified atom stereocenters. The maximum Gasteiger partial charge on any atom is 0.224 e. The van der Waals surface area contributed by atoms with Gasteiger partial charge in [0.1, 0.15) is 11.4 Å². The molecule has 2 saturated carbocycles. The average Bonchev–Trinajstić information content (AvgIpc) is 3.56. The average molecular weight is 566 g/mol. The number of nitriles is 1. The van der Waals surface area contributed by atoms with E-state index in [0.29, 0.717) is 18.8 Å². The number of nitrogens with zero attached hydrogens (tertiary/aromatic N) is 4. The first-order valence-corrected chi connectivity index (χ1v) is 15.7. The van der Waals surface area contributed by atoms with Crippen LogP contribution in [-0.2, 0) is 14.6 Å². The Kier molecular flexibility index (Phi) is 8.22. The van der Waals surface area contributed by atoms with Gasteiger partial charge in [-0.25, -0.2) is 17.5 Å². The Morgan fingerprint density at radius 1 is 1.02 bits per heavy atom. The number of benzene rings is 2. The fourth-order valence-electron chi connectivity index (χ4n) is 5.16. The number of hydrogen-bond acceptors (Lipinski definition) is 6. The zero-order chi connectivity index (χ0) is 28.2. The lowest BCUT2D eigenvalue weighted by atomic mass is 9.88. The molecule has 1 aliphatic heterocycles. The predicted octanol–water partition coefficient (Wildman–Crippen LogP) is 4.90. The van der Waals surface area contributed by atoms with Gasteiger partial charge in [0, 0.05) is 37.9 Å². The minimum atomic E-state index is -2.88. The van der Waals surface area contributed by atoms with E-state index in [0.717, 1.165) is 55.3 Å². The van der Waals surface area contributed by atoms with Crippen molar-refractivity contribution in [3.05, 3.63) is 66.7 Å². The summed E-state index contributed by atoms with van der Waals surface area (Å²) in [6.07, 6.45) is 10.9. The van der Waals surface area contributed by atoms with E-state index < -0.39 is 15.4 Å². The van der Waals surface area contributed by atoms with Crippen LogP contribution < -0.4 is 10.2 Å². The van der Waals surface area contributed by atoms with Crippen LogP contribution in [0.15, 0.2) is 60.9 Å². The van der Waals surface area contributed by atoms with Gasteiger partial charge in [0.2, 0.25) is 5.91 Å². The molecule has 1 aromatic heterocycles. The van der Waals surface area contributed by atoms with Gasteiger partial charge >= 0.3 is 0 Å². The van der Waals surface area contributed by atoms with E-state index in [1.807, 2.05) is 30.5 Å². The standard InChI is InChI=1S/C19H18FN3O2S.C11H16N2O.H2/c20-17-2-1-3-19(12-17)23-14-16(13-21-23)15-4-6-18(7-5-15)22-8-10-26(24,25)11-9-22;12-8-11(6-7-11)13-10(14)9-4-2-1-3-5-9;/h1-7,12-14H,8-11H2;9H,1-7H2,(H,13,14);1H. The number of nitrogens with one attached hydrogen (secondary N) is 1. The Morgan fingerprint density at radius 3 is 2.35 bits per heavy atom. The van der Waals surface area contributed by atoms with Crippen LogP contribution >= 0.6 is 0 Å². The maximum absolute atomic E-state index is 13.4. The Labute approximate surface area is 236 Å². The molecule has 3 aliphatic rings. The van der Waals surface area contributed by atoms with Gasteiger partial charge in [0.05, 0.1) is 29.5 Å². The van der Waals surface area contributed by atoms with E-state index in [9.17, 15) is 17.6 Å². The van der Waals surface area contributed by atoms with Crippen LogP contribution in [0.5, 0.6) is 0 Å². The van der Waals surface area contributed by atoms with Gasteiger partial charge in [-0.1, -0.05) is 37.5 Å². The van der Waals surface area contributed by atoms with E-state index in [1.54, 1.807) is 23.0 Å². The van der Waals surface area contributed by atoms with Crippen molar-refractivity contribution in [2.75, 3.05) is 29.5 Å². The predicted molar refractivity (Wildman–Crippen MR) is 154 cm³/mol. The first-order chi connectivity index (χ1) is 19.3. The van der Waals surface area contributed by atoms with Gasteiger partial charge in [-0.05, 0) is 61.6 Å². The van der Waals surface area contributed by atoms with Crippen LogP contribution in [0.2, 0.25) is 0 Å². The number of aromatic nitrogens is 2.